The van der Waals surface area contributed by atoms with Gasteiger partial charge in [-0.2, -0.15) is 0 Å². The van der Waals surface area contributed by atoms with E-state index >= 15 is 0 Å². The van der Waals surface area contributed by atoms with Gasteiger partial charge in [-0.25, -0.2) is 4.79 Å². The first-order chi connectivity index (χ1) is 9.34. The van der Waals surface area contributed by atoms with E-state index in [4.69, 9.17) is 4.74 Å². The second kappa shape index (κ2) is 5.44. The molecular weight excluding hydrogens is 254 g/mol. The van der Waals surface area contributed by atoms with Crippen LogP contribution >= 0.6 is 0 Å². The van der Waals surface area contributed by atoms with E-state index in [1.807, 2.05) is 39.0 Å². The number of aliphatic hydroxyl groups excluding tert-OH is 1. The van der Waals surface area contributed by atoms with Crippen molar-refractivity contribution in [3.63, 3.8) is 0 Å². The molecule has 1 amide bonds. The molecule has 0 bridgehead atoms. The molecule has 4 heteroatoms. The Hall–Kier alpha value is -1.55. The maximum atomic E-state index is 11.8. The molecule has 0 saturated heterocycles. The van der Waals surface area contributed by atoms with Crippen molar-refractivity contribution in [1.82, 2.24) is 5.32 Å². The summed E-state index contributed by atoms with van der Waals surface area (Å²) < 4.78 is 5.25. The first-order valence-corrected chi connectivity index (χ1v) is 7.01. The zero-order valence-electron chi connectivity index (χ0n) is 12.3. The Labute approximate surface area is 120 Å². The fourth-order valence-electron chi connectivity index (χ4n) is 2.64. The van der Waals surface area contributed by atoms with Crippen LogP contribution in [0.1, 0.15) is 45.1 Å². The van der Waals surface area contributed by atoms with Crippen LogP contribution in [0.4, 0.5) is 4.79 Å². The third-order valence-corrected chi connectivity index (χ3v) is 3.61. The number of rotatable bonds is 3. The van der Waals surface area contributed by atoms with Crippen LogP contribution < -0.4 is 5.32 Å². The van der Waals surface area contributed by atoms with Crippen molar-refractivity contribution >= 4 is 6.09 Å². The van der Waals surface area contributed by atoms with Gasteiger partial charge in [0.05, 0.1) is 12.1 Å². The molecule has 0 aliphatic heterocycles. The van der Waals surface area contributed by atoms with Crippen molar-refractivity contribution in [3.8, 4) is 0 Å². The lowest BCUT2D eigenvalue weighted by atomic mass is 9.66. The number of ether oxygens (including phenoxy) is 1. The molecule has 0 aromatic heterocycles. The van der Waals surface area contributed by atoms with E-state index in [9.17, 15) is 9.90 Å². The summed E-state index contributed by atoms with van der Waals surface area (Å²) in [6.45, 7) is 5.42. The lowest BCUT2D eigenvalue weighted by Crippen LogP contribution is -2.59. The molecule has 0 atom stereocenters. The number of hydrogen-bond acceptors (Lipinski definition) is 3. The van der Waals surface area contributed by atoms with Crippen LogP contribution in [0, 0.1) is 0 Å². The minimum atomic E-state index is -0.539. The SMILES string of the molecule is CC(C)(C)OC(=O)NC1(CO)CC(c2ccccc2)C1. The molecule has 2 rings (SSSR count). The molecule has 0 spiro atoms. The van der Waals surface area contributed by atoms with Crippen molar-refractivity contribution in [3.05, 3.63) is 35.9 Å². The van der Waals surface area contributed by atoms with Crippen molar-refractivity contribution in [2.45, 2.75) is 50.7 Å². The largest absolute Gasteiger partial charge is 0.444 e. The van der Waals surface area contributed by atoms with Crippen LogP contribution in [0.2, 0.25) is 0 Å². The topological polar surface area (TPSA) is 58.6 Å². The summed E-state index contributed by atoms with van der Waals surface area (Å²) in [4.78, 5) is 11.8. The standard InChI is InChI=1S/C16H23NO3/c1-15(2,3)20-14(19)17-16(11-18)9-13(10-16)12-7-5-4-6-8-12/h4-8,13,18H,9-11H2,1-3H3,(H,17,19). The summed E-state index contributed by atoms with van der Waals surface area (Å²) in [5.74, 6) is 0.387. The van der Waals surface area contributed by atoms with E-state index < -0.39 is 17.2 Å². The van der Waals surface area contributed by atoms with Gasteiger partial charge in [0, 0.05) is 0 Å². The second-order valence-electron chi connectivity index (χ2n) is 6.58. The van der Waals surface area contributed by atoms with E-state index in [1.54, 1.807) is 0 Å². The highest BCUT2D eigenvalue weighted by molar-refractivity contribution is 5.69. The lowest BCUT2D eigenvalue weighted by Gasteiger charge is -2.47. The summed E-state index contributed by atoms with van der Waals surface area (Å²) in [5, 5.41) is 12.4. The Morgan fingerprint density at radius 1 is 1.35 bits per heavy atom. The fourth-order valence-corrected chi connectivity index (χ4v) is 2.64. The van der Waals surface area contributed by atoms with Gasteiger partial charge in [0.1, 0.15) is 5.60 Å². The predicted molar refractivity (Wildman–Crippen MR) is 77.6 cm³/mol. The molecular formula is C16H23NO3. The van der Waals surface area contributed by atoms with Crippen LogP contribution in [-0.2, 0) is 4.74 Å². The highest BCUT2D eigenvalue weighted by Crippen LogP contribution is 2.44. The lowest BCUT2D eigenvalue weighted by molar-refractivity contribution is 0.0209. The quantitative estimate of drug-likeness (QED) is 0.893. The third-order valence-electron chi connectivity index (χ3n) is 3.61. The molecule has 1 aliphatic rings. The molecule has 2 N–H and O–H groups in total. The number of carbonyl (C=O) groups excluding carboxylic acids is 1. The van der Waals surface area contributed by atoms with Gasteiger partial charge in [-0.1, -0.05) is 30.3 Å². The molecule has 4 nitrogen and oxygen atoms in total. The average molecular weight is 277 g/mol. The smallest absolute Gasteiger partial charge is 0.408 e. The zero-order valence-corrected chi connectivity index (χ0v) is 12.3. The molecule has 110 valence electrons. The molecule has 1 aromatic carbocycles. The summed E-state index contributed by atoms with van der Waals surface area (Å²) in [6.07, 6.45) is 1.03. The van der Waals surface area contributed by atoms with E-state index in [0.717, 1.165) is 12.8 Å². The van der Waals surface area contributed by atoms with Crippen LogP contribution in [0.25, 0.3) is 0 Å². The van der Waals surface area contributed by atoms with Gasteiger partial charge in [0.15, 0.2) is 0 Å². The van der Waals surface area contributed by atoms with Gasteiger partial charge in [-0.15, -0.1) is 0 Å². The molecule has 1 aromatic rings. The van der Waals surface area contributed by atoms with Gasteiger partial charge in [-0.05, 0) is 45.1 Å². The monoisotopic (exact) mass is 277 g/mol. The van der Waals surface area contributed by atoms with E-state index in [2.05, 4.69) is 17.4 Å². The fraction of sp³-hybridized carbons (Fsp3) is 0.562. The van der Waals surface area contributed by atoms with Gasteiger partial charge in [0.25, 0.3) is 0 Å². The maximum absolute atomic E-state index is 11.8. The first-order valence-electron chi connectivity index (χ1n) is 7.01. The first kappa shape index (κ1) is 14.9. The maximum Gasteiger partial charge on any atom is 0.408 e. The second-order valence-corrected chi connectivity index (χ2v) is 6.58. The molecule has 0 unspecified atom stereocenters. The molecule has 1 aliphatic carbocycles. The minimum Gasteiger partial charge on any atom is -0.444 e. The zero-order chi connectivity index (χ0) is 14.8. The third kappa shape index (κ3) is 3.51. The van der Waals surface area contributed by atoms with Gasteiger partial charge < -0.3 is 15.2 Å². The van der Waals surface area contributed by atoms with Crippen molar-refractivity contribution in [1.29, 1.82) is 0 Å². The van der Waals surface area contributed by atoms with Gasteiger partial charge >= 0.3 is 6.09 Å². The Morgan fingerprint density at radius 2 is 1.95 bits per heavy atom. The van der Waals surface area contributed by atoms with Gasteiger partial charge in [0.2, 0.25) is 0 Å². The van der Waals surface area contributed by atoms with E-state index in [0.29, 0.717) is 5.92 Å². The number of alkyl carbamates (subject to hydrolysis) is 1. The van der Waals surface area contributed by atoms with Gasteiger partial charge in [-0.3, -0.25) is 0 Å². The molecule has 0 radical (unpaired) electrons. The molecule has 1 fully saturated rings. The van der Waals surface area contributed by atoms with Crippen LogP contribution in [0.3, 0.4) is 0 Å². The highest BCUT2D eigenvalue weighted by atomic mass is 16.6. The molecule has 20 heavy (non-hydrogen) atoms. The summed E-state index contributed by atoms with van der Waals surface area (Å²) >= 11 is 0. The van der Waals surface area contributed by atoms with Crippen LogP contribution in [-0.4, -0.2) is 28.9 Å². The Morgan fingerprint density at radius 3 is 2.45 bits per heavy atom. The number of hydrogen-bond donors (Lipinski definition) is 2. The number of aliphatic hydroxyl groups is 1. The van der Waals surface area contributed by atoms with Crippen molar-refractivity contribution in [2.75, 3.05) is 6.61 Å². The number of nitrogens with one attached hydrogen (secondary N) is 1. The summed E-state index contributed by atoms with van der Waals surface area (Å²) in [5.41, 5.74) is 0.189. The Kier molecular flexibility index (Phi) is 4.04. The number of carbonyl (C=O) groups is 1. The Balaban J connectivity index is 1.93. The molecule has 1 saturated carbocycles. The number of benzene rings is 1. The number of amides is 1. The minimum absolute atomic E-state index is 0.0599. The van der Waals surface area contributed by atoms with E-state index in [-0.39, 0.29) is 6.61 Å². The van der Waals surface area contributed by atoms with Crippen molar-refractivity contribution in [2.24, 2.45) is 0 Å². The van der Waals surface area contributed by atoms with Crippen LogP contribution in [0.5, 0.6) is 0 Å². The normalized spacial score (nSPS) is 25.7. The predicted octanol–water partition coefficient (Wildman–Crippen LogP) is 2.82. The highest BCUT2D eigenvalue weighted by Gasteiger charge is 2.46. The average Bonchev–Trinajstić information content (AvgIpc) is 2.32. The summed E-state index contributed by atoms with van der Waals surface area (Å²) in [7, 11) is 0. The molecule has 0 heterocycles. The van der Waals surface area contributed by atoms with E-state index in [1.165, 1.54) is 5.56 Å². The Bertz CT molecular complexity index is 458. The van der Waals surface area contributed by atoms with Crippen molar-refractivity contribution < 1.29 is 14.6 Å². The van der Waals surface area contributed by atoms with Crippen LogP contribution in [0.15, 0.2) is 30.3 Å². The summed E-state index contributed by atoms with van der Waals surface area (Å²) in [6, 6.07) is 10.2.